The van der Waals surface area contributed by atoms with Crippen molar-refractivity contribution in [3.8, 4) is 0 Å². The fraction of sp³-hybridized carbons (Fsp3) is 0.267. The van der Waals surface area contributed by atoms with Crippen molar-refractivity contribution in [3.05, 3.63) is 46.7 Å². The molecule has 0 aliphatic carbocycles. The van der Waals surface area contributed by atoms with Gasteiger partial charge in [-0.25, -0.2) is 14.6 Å². The maximum atomic E-state index is 13.7. The summed E-state index contributed by atoms with van der Waals surface area (Å²) in [4.78, 5) is 26.2. The van der Waals surface area contributed by atoms with Gasteiger partial charge in [0.25, 0.3) is 0 Å². The predicted octanol–water partition coefficient (Wildman–Crippen LogP) is 4.08. The number of pyridine rings is 1. The minimum Gasteiger partial charge on any atom is -0.478 e. The summed E-state index contributed by atoms with van der Waals surface area (Å²) in [5, 5.41) is 6.92. The van der Waals surface area contributed by atoms with Crippen LogP contribution in [0.5, 0.6) is 0 Å². The van der Waals surface area contributed by atoms with Gasteiger partial charge in [0.1, 0.15) is 22.6 Å². The van der Waals surface area contributed by atoms with E-state index in [0.717, 1.165) is 7.11 Å². The van der Waals surface area contributed by atoms with Gasteiger partial charge in [-0.1, -0.05) is 0 Å². The number of ether oxygens (including phenoxy) is 1. The second-order valence-electron chi connectivity index (χ2n) is 5.16. The molecule has 28 heavy (non-hydrogen) atoms. The molecule has 0 saturated carbocycles. The molecule has 0 fully saturated rings. The van der Waals surface area contributed by atoms with Gasteiger partial charge in [-0.2, -0.15) is 22.0 Å². The summed E-state index contributed by atoms with van der Waals surface area (Å²) in [6.45, 7) is -0.439. The van der Waals surface area contributed by atoms with Gasteiger partial charge in [-0.15, -0.1) is 0 Å². The average molecular weight is 429 g/mol. The molecular weight excluding hydrogens is 419 g/mol. The van der Waals surface area contributed by atoms with E-state index in [1.807, 2.05) is 0 Å². The molecule has 0 amide bonds. The quantitative estimate of drug-likeness (QED) is 0.406. The molecule has 152 valence electrons. The summed E-state index contributed by atoms with van der Waals surface area (Å²) in [7, 11) is 0.757. The van der Waals surface area contributed by atoms with Crippen LogP contribution in [0.1, 0.15) is 37.9 Å². The van der Waals surface area contributed by atoms with Crippen LogP contribution in [0.2, 0.25) is 0 Å². The average Bonchev–Trinajstić information content (AvgIpc) is 3.09. The molecular formula is C15H10ClF5N2O5. The highest BCUT2D eigenvalue weighted by molar-refractivity contribution is 6.22. The fourth-order valence-corrected chi connectivity index (χ4v) is 2.41. The van der Waals surface area contributed by atoms with E-state index in [4.69, 9.17) is 16.0 Å². The number of rotatable bonds is 6. The number of hydrogen-bond donors (Lipinski definition) is 2. The number of methoxy groups -OCH3 is 1. The zero-order valence-corrected chi connectivity index (χ0v) is 14.5. The van der Waals surface area contributed by atoms with Crippen LogP contribution in [-0.4, -0.2) is 29.1 Å². The van der Waals surface area contributed by atoms with Crippen LogP contribution in [-0.2, 0) is 22.8 Å². The molecule has 0 aromatic carbocycles. The van der Waals surface area contributed by atoms with Crippen LogP contribution in [0.3, 0.4) is 0 Å². The van der Waals surface area contributed by atoms with Gasteiger partial charge in [-0.05, 0) is 23.7 Å². The molecule has 2 aromatic heterocycles. The monoisotopic (exact) mass is 428 g/mol. The highest BCUT2D eigenvalue weighted by atomic mass is 35.5. The number of carbonyl (C=O) groups excluding carboxylic acids is 1. The lowest BCUT2D eigenvalue weighted by molar-refractivity contribution is -0.142. The summed E-state index contributed by atoms with van der Waals surface area (Å²) in [5.41, 5.74) is -7.86. The van der Waals surface area contributed by atoms with E-state index in [9.17, 15) is 36.6 Å². The Bertz CT molecular complexity index is 894. The Hall–Kier alpha value is -2.89. The molecule has 0 unspecified atom stereocenters. The van der Waals surface area contributed by atoms with Gasteiger partial charge in [-0.3, -0.25) is 0 Å². The SMILES string of the molecule is COC(=O)c1c(C(F)(F)Cl)nc(C(F)(F)F)c(C(=O)O)c1NCc1ccco1. The van der Waals surface area contributed by atoms with Crippen LogP contribution in [0.4, 0.5) is 27.6 Å². The van der Waals surface area contributed by atoms with E-state index >= 15 is 0 Å². The Balaban J connectivity index is 2.87. The Morgan fingerprint density at radius 2 is 1.89 bits per heavy atom. The number of hydrogen-bond acceptors (Lipinski definition) is 6. The van der Waals surface area contributed by atoms with Crippen molar-refractivity contribution in [2.45, 2.75) is 18.1 Å². The predicted molar refractivity (Wildman–Crippen MR) is 83.3 cm³/mol. The van der Waals surface area contributed by atoms with Gasteiger partial charge >= 0.3 is 23.5 Å². The van der Waals surface area contributed by atoms with E-state index < -0.39 is 58.2 Å². The largest absolute Gasteiger partial charge is 0.478 e. The smallest absolute Gasteiger partial charge is 0.434 e. The summed E-state index contributed by atoms with van der Waals surface area (Å²) in [6, 6.07) is 2.79. The molecule has 0 spiro atoms. The molecule has 7 nitrogen and oxygen atoms in total. The standard InChI is InChI=1S/C15H10ClF5N2O5/c1-27-13(26)8-9(22-5-6-3-2-4-28-6)7(12(24)25)11(15(19,20)21)23-10(8)14(16,17)18/h2-4H,5H2,1H3,(H,22,23)(H,24,25). The molecule has 0 aliphatic rings. The van der Waals surface area contributed by atoms with Crippen molar-refractivity contribution in [3.63, 3.8) is 0 Å². The zero-order valence-electron chi connectivity index (χ0n) is 13.7. The molecule has 2 N–H and O–H groups in total. The van der Waals surface area contributed by atoms with Crippen molar-refractivity contribution >= 4 is 29.2 Å². The lowest BCUT2D eigenvalue weighted by atomic mass is 10.0. The number of aromatic carboxylic acids is 1. The number of nitrogens with one attached hydrogen (secondary N) is 1. The van der Waals surface area contributed by atoms with E-state index in [2.05, 4.69) is 15.0 Å². The zero-order chi connectivity index (χ0) is 21.3. The number of anilines is 1. The molecule has 0 aliphatic heterocycles. The van der Waals surface area contributed by atoms with Crippen molar-refractivity contribution in [1.82, 2.24) is 4.98 Å². The molecule has 0 radical (unpaired) electrons. The number of carboxylic acid groups (broad SMARTS) is 1. The van der Waals surface area contributed by atoms with Gasteiger partial charge in [0.05, 0.1) is 25.6 Å². The van der Waals surface area contributed by atoms with E-state index in [0.29, 0.717) is 0 Å². The van der Waals surface area contributed by atoms with Crippen molar-refractivity contribution < 1.29 is 45.8 Å². The summed E-state index contributed by atoms with van der Waals surface area (Å²) >= 11 is 4.83. The molecule has 2 aromatic rings. The topological polar surface area (TPSA) is 102 Å². The highest BCUT2D eigenvalue weighted by Gasteiger charge is 2.46. The molecule has 2 rings (SSSR count). The number of nitrogens with zero attached hydrogens (tertiary/aromatic N) is 1. The summed E-state index contributed by atoms with van der Waals surface area (Å²) < 4.78 is 76.6. The number of alkyl halides is 6. The molecule has 0 atom stereocenters. The Morgan fingerprint density at radius 3 is 2.32 bits per heavy atom. The van der Waals surface area contributed by atoms with Crippen LogP contribution in [0.25, 0.3) is 0 Å². The van der Waals surface area contributed by atoms with Gasteiger partial charge in [0, 0.05) is 0 Å². The van der Waals surface area contributed by atoms with Crippen molar-refractivity contribution in [1.29, 1.82) is 0 Å². The third-order valence-corrected chi connectivity index (χ3v) is 3.54. The third kappa shape index (κ3) is 4.32. The number of halogens is 6. The van der Waals surface area contributed by atoms with E-state index in [1.54, 1.807) is 0 Å². The number of aromatic nitrogens is 1. The van der Waals surface area contributed by atoms with Gasteiger partial charge < -0.3 is 19.6 Å². The Labute approximate surface area is 158 Å². The summed E-state index contributed by atoms with van der Waals surface area (Å²) in [5.74, 6) is -3.63. The van der Waals surface area contributed by atoms with E-state index in [-0.39, 0.29) is 5.76 Å². The summed E-state index contributed by atoms with van der Waals surface area (Å²) in [6.07, 6.45) is -4.23. The Morgan fingerprint density at radius 1 is 1.25 bits per heavy atom. The number of esters is 1. The molecule has 2 heterocycles. The van der Waals surface area contributed by atoms with Crippen LogP contribution in [0, 0.1) is 0 Å². The first-order chi connectivity index (χ1) is 12.9. The highest BCUT2D eigenvalue weighted by Crippen LogP contribution is 2.42. The Kier molecular flexibility index (Phi) is 5.83. The molecule has 0 bridgehead atoms. The number of carbonyl (C=O) groups is 2. The normalized spacial score (nSPS) is 12.0. The lowest BCUT2D eigenvalue weighted by Crippen LogP contribution is -2.26. The van der Waals surface area contributed by atoms with Crippen molar-refractivity contribution in [2.75, 3.05) is 12.4 Å². The third-order valence-electron chi connectivity index (χ3n) is 3.36. The van der Waals surface area contributed by atoms with Crippen LogP contribution >= 0.6 is 11.6 Å². The van der Waals surface area contributed by atoms with Crippen LogP contribution in [0.15, 0.2) is 22.8 Å². The van der Waals surface area contributed by atoms with Crippen molar-refractivity contribution in [2.24, 2.45) is 0 Å². The minimum absolute atomic E-state index is 0.108. The van der Waals surface area contributed by atoms with Gasteiger partial charge in [0.2, 0.25) is 0 Å². The lowest BCUT2D eigenvalue weighted by Gasteiger charge is -2.21. The number of furan rings is 1. The van der Waals surface area contributed by atoms with E-state index in [1.165, 1.54) is 18.4 Å². The second-order valence-corrected chi connectivity index (χ2v) is 5.63. The first kappa shape index (κ1) is 21.4. The number of carboxylic acids is 1. The van der Waals surface area contributed by atoms with Gasteiger partial charge in [0.15, 0.2) is 5.69 Å². The maximum absolute atomic E-state index is 13.7. The molecule has 13 heteroatoms. The first-order valence-electron chi connectivity index (χ1n) is 7.18. The first-order valence-corrected chi connectivity index (χ1v) is 7.56. The fourth-order valence-electron chi connectivity index (χ4n) is 2.27. The van der Waals surface area contributed by atoms with Crippen LogP contribution < -0.4 is 5.32 Å². The molecule has 0 saturated heterocycles. The minimum atomic E-state index is -5.44. The second kappa shape index (κ2) is 7.62. The maximum Gasteiger partial charge on any atom is 0.434 e.